The molecular weight excluding hydrogens is 410 g/mol. The number of carbonyl (C=O) groups is 1. The molecule has 0 saturated heterocycles. The molecule has 0 saturated carbocycles. The van der Waals surface area contributed by atoms with Crippen molar-refractivity contribution in [2.75, 3.05) is 0 Å². The van der Waals surface area contributed by atoms with Crippen molar-refractivity contribution in [2.24, 2.45) is 0 Å². The Morgan fingerprint density at radius 1 is 1.03 bits per heavy atom. The van der Waals surface area contributed by atoms with Crippen LogP contribution in [0.1, 0.15) is 57.7 Å². The van der Waals surface area contributed by atoms with E-state index in [4.69, 9.17) is 16.3 Å². The standard InChI is InChI=1S/C26H24ClNO3/c1-16-6-13-24(31-15-18-8-10-19(27)11-9-18)22(14-16)20-4-3-5-21(20)23-12-7-17(2)25(28-23)26(29)30/h6-14H,3-5,15H2,1-2H3,(H,29,30). The fourth-order valence-electron chi connectivity index (χ4n) is 3.98. The highest BCUT2D eigenvalue weighted by Gasteiger charge is 2.23. The van der Waals surface area contributed by atoms with Gasteiger partial charge in [-0.25, -0.2) is 9.78 Å². The molecule has 3 aromatic rings. The van der Waals surface area contributed by atoms with Crippen LogP contribution in [0.25, 0.3) is 11.1 Å². The summed E-state index contributed by atoms with van der Waals surface area (Å²) in [5.74, 6) is -0.178. The Labute approximate surface area is 187 Å². The number of hydrogen-bond donors (Lipinski definition) is 1. The lowest BCUT2D eigenvalue weighted by atomic mass is 9.97. The second-order valence-corrected chi connectivity index (χ2v) is 8.33. The maximum absolute atomic E-state index is 11.6. The molecule has 0 unspecified atom stereocenters. The first-order valence-corrected chi connectivity index (χ1v) is 10.7. The number of carboxylic acid groups (broad SMARTS) is 1. The van der Waals surface area contributed by atoms with Gasteiger partial charge in [0.1, 0.15) is 12.4 Å². The van der Waals surface area contributed by atoms with Gasteiger partial charge in [-0.15, -0.1) is 0 Å². The van der Waals surface area contributed by atoms with Crippen LogP contribution >= 0.6 is 11.6 Å². The van der Waals surface area contributed by atoms with Crippen molar-refractivity contribution in [3.8, 4) is 5.75 Å². The quantitative estimate of drug-likeness (QED) is 0.468. The van der Waals surface area contributed by atoms with E-state index in [1.807, 2.05) is 48.5 Å². The lowest BCUT2D eigenvalue weighted by molar-refractivity contribution is 0.0689. The van der Waals surface area contributed by atoms with E-state index in [0.29, 0.717) is 17.2 Å². The van der Waals surface area contributed by atoms with Gasteiger partial charge in [0.15, 0.2) is 5.69 Å². The van der Waals surface area contributed by atoms with E-state index in [-0.39, 0.29) is 5.69 Å². The summed E-state index contributed by atoms with van der Waals surface area (Å²) in [5.41, 5.74) is 7.05. The van der Waals surface area contributed by atoms with Gasteiger partial charge in [0.2, 0.25) is 0 Å². The Morgan fingerprint density at radius 3 is 2.52 bits per heavy atom. The molecule has 0 atom stereocenters. The summed E-state index contributed by atoms with van der Waals surface area (Å²) in [7, 11) is 0. The summed E-state index contributed by atoms with van der Waals surface area (Å²) >= 11 is 5.98. The predicted octanol–water partition coefficient (Wildman–Crippen LogP) is 6.72. The number of carboxylic acids is 1. The highest BCUT2D eigenvalue weighted by atomic mass is 35.5. The van der Waals surface area contributed by atoms with Crippen LogP contribution in [0.3, 0.4) is 0 Å². The second-order valence-electron chi connectivity index (χ2n) is 7.89. The fourth-order valence-corrected chi connectivity index (χ4v) is 4.11. The van der Waals surface area contributed by atoms with Gasteiger partial charge in [0.05, 0.1) is 5.69 Å². The number of aryl methyl sites for hydroxylation is 2. The van der Waals surface area contributed by atoms with Crippen LogP contribution in [0.5, 0.6) is 5.75 Å². The lowest BCUT2D eigenvalue weighted by Gasteiger charge is -2.16. The van der Waals surface area contributed by atoms with Gasteiger partial charge in [-0.05, 0) is 85.7 Å². The molecule has 0 radical (unpaired) electrons. The van der Waals surface area contributed by atoms with Crippen LogP contribution in [0.4, 0.5) is 0 Å². The minimum atomic E-state index is -0.998. The molecule has 1 N–H and O–H groups in total. The third kappa shape index (κ3) is 4.64. The molecule has 0 amide bonds. The molecule has 31 heavy (non-hydrogen) atoms. The molecule has 5 heteroatoms. The van der Waals surface area contributed by atoms with Crippen molar-refractivity contribution in [1.29, 1.82) is 0 Å². The first-order valence-electron chi connectivity index (χ1n) is 10.3. The molecule has 1 heterocycles. The summed E-state index contributed by atoms with van der Waals surface area (Å²) in [6, 6.07) is 17.6. The largest absolute Gasteiger partial charge is 0.488 e. The molecule has 0 bridgehead atoms. The summed E-state index contributed by atoms with van der Waals surface area (Å²) < 4.78 is 6.20. The molecule has 0 spiro atoms. The minimum Gasteiger partial charge on any atom is -0.488 e. The van der Waals surface area contributed by atoms with Gasteiger partial charge >= 0.3 is 5.97 Å². The van der Waals surface area contributed by atoms with Crippen molar-refractivity contribution in [3.63, 3.8) is 0 Å². The van der Waals surface area contributed by atoms with E-state index < -0.39 is 5.97 Å². The summed E-state index contributed by atoms with van der Waals surface area (Å²) in [6.07, 6.45) is 2.79. The molecule has 2 aromatic carbocycles. The van der Waals surface area contributed by atoms with E-state index in [1.165, 1.54) is 5.57 Å². The molecule has 4 nitrogen and oxygen atoms in total. The third-order valence-electron chi connectivity index (χ3n) is 5.59. The Kier molecular flexibility index (Phi) is 6.10. The molecule has 0 fully saturated rings. The van der Waals surface area contributed by atoms with Crippen molar-refractivity contribution in [1.82, 2.24) is 4.98 Å². The van der Waals surface area contributed by atoms with Crippen LogP contribution in [-0.2, 0) is 6.61 Å². The van der Waals surface area contributed by atoms with Crippen LogP contribution in [-0.4, -0.2) is 16.1 Å². The molecule has 1 aliphatic rings. The van der Waals surface area contributed by atoms with Crippen molar-refractivity contribution < 1.29 is 14.6 Å². The Morgan fingerprint density at radius 2 is 1.77 bits per heavy atom. The Hall–Kier alpha value is -3.11. The maximum Gasteiger partial charge on any atom is 0.354 e. The number of benzene rings is 2. The van der Waals surface area contributed by atoms with E-state index in [2.05, 4.69) is 18.0 Å². The van der Waals surface area contributed by atoms with E-state index in [9.17, 15) is 9.90 Å². The van der Waals surface area contributed by atoms with Gasteiger partial charge in [-0.1, -0.05) is 41.4 Å². The smallest absolute Gasteiger partial charge is 0.354 e. The second kappa shape index (κ2) is 8.94. The Bertz CT molecular complexity index is 1170. The first kappa shape index (κ1) is 21.1. The average molecular weight is 434 g/mol. The number of hydrogen-bond acceptors (Lipinski definition) is 3. The number of aromatic nitrogens is 1. The highest BCUT2D eigenvalue weighted by Crippen LogP contribution is 2.43. The number of aromatic carboxylic acids is 1. The molecular formula is C26H24ClNO3. The maximum atomic E-state index is 11.6. The lowest BCUT2D eigenvalue weighted by Crippen LogP contribution is -2.05. The van der Waals surface area contributed by atoms with E-state index in [1.54, 1.807) is 6.92 Å². The number of ether oxygens (including phenoxy) is 1. The predicted molar refractivity (Wildman–Crippen MR) is 124 cm³/mol. The molecule has 1 aromatic heterocycles. The van der Waals surface area contributed by atoms with Crippen LogP contribution in [0.2, 0.25) is 5.02 Å². The zero-order chi connectivity index (χ0) is 22.0. The summed E-state index contributed by atoms with van der Waals surface area (Å²) in [5, 5.41) is 10.2. The van der Waals surface area contributed by atoms with Crippen molar-refractivity contribution in [3.05, 3.63) is 93.3 Å². The van der Waals surface area contributed by atoms with Gasteiger partial charge < -0.3 is 9.84 Å². The van der Waals surface area contributed by atoms with Gasteiger partial charge in [0.25, 0.3) is 0 Å². The van der Waals surface area contributed by atoms with Gasteiger partial charge in [-0.3, -0.25) is 0 Å². The number of rotatable bonds is 6. The van der Waals surface area contributed by atoms with Crippen LogP contribution < -0.4 is 4.74 Å². The monoisotopic (exact) mass is 433 g/mol. The third-order valence-corrected chi connectivity index (χ3v) is 5.85. The average Bonchev–Trinajstić information content (AvgIpc) is 3.24. The van der Waals surface area contributed by atoms with E-state index >= 15 is 0 Å². The first-order chi connectivity index (χ1) is 14.9. The Balaban J connectivity index is 1.72. The number of nitrogens with zero attached hydrogens (tertiary/aromatic N) is 1. The van der Waals surface area contributed by atoms with Gasteiger partial charge in [0, 0.05) is 10.6 Å². The zero-order valence-electron chi connectivity index (χ0n) is 17.6. The number of allylic oxidation sites excluding steroid dienone is 2. The van der Waals surface area contributed by atoms with E-state index in [0.717, 1.165) is 53.0 Å². The minimum absolute atomic E-state index is 0.111. The summed E-state index contributed by atoms with van der Waals surface area (Å²) in [6.45, 7) is 4.28. The summed E-state index contributed by atoms with van der Waals surface area (Å²) in [4.78, 5) is 16.0. The zero-order valence-corrected chi connectivity index (χ0v) is 18.4. The number of pyridine rings is 1. The highest BCUT2D eigenvalue weighted by molar-refractivity contribution is 6.30. The van der Waals surface area contributed by atoms with Crippen molar-refractivity contribution >= 4 is 28.7 Å². The van der Waals surface area contributed by atoms with Crippen LogP contribution in [0.15, 0.2) is 54.6 Å². The molecule has 158 valence electrons. The topological polar surface area (TPSA) is 59.4 Å². The van der Waals surface area contributed by atoms with Gasteiger partial charge in [-0.2, -0.15) is 0 Å². The number of halogens is 1. The van der Waals surface area contributed by atoms with Crippen LogP contribution in [0, 0.1) is 13.8 Å². The SMILES string of the molecule is Cc1ccc(OCc2ccc(Cl)cc2)c(C2=C(c3ccc(C)c(C(=O)O)n3)CCC2)c1. The normalized spacial score (nSPS) is 13.5. The fraction of sp³-hybridized carbons (Fsp3) is 0.231. The molecule has 4 rings (SSSR count). The molecule has 0 aliphatic heterocycles. The van der Waals surface area contributed by atoms with Crippen molar-refractivity contribution in [2.45, 2.75) is 39.7 Å². The molecule has 1 aliphatic carbocycles.